The van der Waals surface area contributed by atoms with E-state index in [9.17, 15) is 4.79 Å². The van der Waals surface area contributed by atoms with Gasteiger partial charge in [0.1, 0.15) is 22.8 Å². The molecule has 0 unspecified atom stereocenters. The van der Waals surface area contributed by atoms with Gasteiger partial charge in [-0.1, -0.05) is 11.3 Å². The second-order valence-corrected chi connectivity index (χ2v) is 6.14. The van der Waals surface area contributed by atoms with Crippen LogP contribution in [0.2, 0.25) is 0 Å². The SMILES string of the molecule is CCOc1ccc(C(=O)Nc2nc3c(OC)cc(OC)cc3s2)cc1. The molecular weight excluding hydrogens is 340 g/mol. The number of amides is 1. The Labute approximate surface area is 149 Å². The Hall–Kier alpha value is -2.80. The van der Waals surface area contributed by atoms with E-state index in [1.807, 2.05) is 13.0 Å². The molecule has 6 nitrogen and oxygen atoms in total. The Bertz CT molecular complexity index is 890. The number of carbonyl (C=O) groups excluding carboxylic acids is 1. The number of aromatic nitrogens is 1. The molecule has 1 aromatic heterocycles. The molecule has 0 radical (unpaired) electrons. The topological polar surface area (TPSA) is 69.7 Å². The smallest absolute Gasteiger partial charge is 0.257 e. The molecule has 7 heteroatoms. The quantitative estimate of drug-likeness (QED) is 0.722. The van der Waals surface area contributed by atoms with Crippen LogP contribution in [0, 0.1) is 0 Å². The zero-order valence-electron chi connectivity index (χ0n) is 14.2. The molecule has 0 atom stereocenters. The van der Waals surface area contributed by atoms with Crippen molar-refractivity contribution < 1.29 is 19.0 Å². The average Bonchev–Trinajstić information content (AvgIpc) is 3.03. The second-order valence-electron chi connectivity index (χ2n) is 5.11. The van der Waals surface area contributed by atoms with E-state index in [0.29, 0.717) is 34.3 Å². The van der Waals surface area contributed by atoms with Crippen LogP contribution in [0.4, 0.5) is 5.13 Å². The fourth-order valence-electron chi connectivity index (χ4n) is 2.34. The Kier molecular flexibility index (Phi) is 5.04. The van der Waals surface area contributed by atoms with Crippen molar-refractivity contribution in [1.29, 1.82) is 0 Å². The number of rotatable bonds is 6. The number of nitrogens with zero attached hydrogens (tertiary/aromatic N) is 1. The monoisotopic (exact) mass is 358 g/mol. The highest BCUT2D eigenvalue weighted by molar-refractivity contribution is 7.22. The fraction of sp³-hybridized carbons (Fsp3) is 0.222. The molecule has 0 spiro atoms. The molecule has 2 aromatic carbocycles. The average molecular weight is 358 g/mol. The van der Waals surface area contributed by atoms with Crippen molar-refractivity contribution in [1.82, 2.24) is 4.98 Å². The van der Waals surface area contributed by atoms with Crippen molar-refractivity contribution in [3.8, 4) is 17.2 Å². The lowest BCUT2D eigenvalue weighted by atomic mass is 10.2. The van der Waals surface area contributed by atoms with E-state index < -0.39 is 0 Å². The van der Waals surface area contributed by atoms with Crippen molar-refractivity contribution in [2.24, 2.45) is 0 Å². The van der Waals surface area contributed by atoms with E-state index in [1.165, 1.54) is 11.3 Å². The summed E-state index contributed by atoms with van der Waals surface area (Å²) in [6.07, 6.45) is 0. The molecular formula is C18H18N2O4S. The van der Waals surface area contributed by atoms with Gasteiger partial charge in [-0.05, 0) is 37.3 Å². The van der Waals surface area contributed by atoms with Crippen molar-refractivity contribution >= 4 is 32.6 Å². The van der Waals surface area contributed by atoms with Gasteiger partial charge in [-0.2, -0.15) is 0 Å². The van der Waals surface area contributed by atoms with Crippen LogP contribution >= 0.6 is 11.3 Å². The fourth-order valence-corrected chi connectivity index (χ4v) is 3.25. The third kappa shape index (κ3) is 3.66. The number of thiazole rings is 1. The summed E-state index contributed by atoms with van der Waals surface area (Å²) in [6, 6.07) is 10.6. The van der Waals surface area contributed by atoms with E-state index in [2.05, 4.69) is 10.3 Å². The number of hydrogen-bond donors (Lipinski definition) is 1. The number of fused-ring (bicyclic) bond motifs is 1. The van der Waals surface area contributed by atoms with Crippen LogP contribution in [0.15, 0.2) is 36.4 Å². The first-order valence-electron chi connectivity index (χ1n) is 7.71. The first kappa shape index (κ1) is 17.0. The van der Waals surface area contributed by atoms with Crippen LogP contribution in [0.25, 0.3) is 10.2 Å². The third-order valence-electron chi connectivity index (χ3n) is 3.54. The van der Waals surface area contributed by atoms with Crippen LogP contribution in [-0.2, 0) is 0 Å². The van der Waals surface area contributed by atoms with Crippen LogP contribution in [0.5, 0.6) is 17.2 Å². The maximum atomic E-state index is 12.4. The summed E-state index contributed by atoms with van der Waals surface area (Å²) in [6.45, 7) is 2.50. The summed E-state index contributed by atoms with van der Waals surface area (Å²) in [5, 5.41) is 3.32. The molecule has 3 rings (SSSR count). The first-order chi connectivity index (χ1) is 12.1. The number of nitrogens with one attached hydrogen (secondary N) is 1. The molecule has 1 amide bonds. The molecule has 25 heavy (non-hydrogen) atoms. The summed E-state index contributed by atoms with van der Waals surface area (Å²) in [5.41, 5.74) is 1.22. The van der Waals surface area contributed by atoms with Gasteiger partial charge in [-0.15, -0.1) is 0 Å². The van der Waals surface area contributed by atoms with Gasteiger partial charge in [0.25, 0.3) is 5.91 Å². The van der Waals surface area contributed by atoms with E-state index in [4.69, 9.17) is 14.2 Å². The minimum absolute atomic E-state index is 0.229. The van der Waals surface area contributed by atoms with Gasteiger partial charge in [0.05, 0.1) is 25.5 Å². The van der Waals surface area contributed by atoms with Gasteiger partial charge in [0.15, 0.2) is 5.13 Å². The largest absolute Gasteiger partial charge is 0.497 e. The Morgan fingerprint density at radius 2 is 1.88 bits per heavy atom. The highest BCUT2D eigenvalue weighted by Gasteiger charge is 2.14. The van der Waals surface area contributed by atoms with Gasteiger partial charge < -0.3 is 14.2 Å². The first-order valence-corrected chi connectivity index (χ1v) is 8.53. The van der Waals surface area contributed by atoms with Gasteiger partial charge in [0, 0.05) is 11.6 Å². The van der Waals surface area contributed by atoms with Crippen molar-refractivity contribution in [2.75, 3.05) is 26.1 Å². The lowest BCUT2D eigenvalue weighted by molar-refractivity contribution is 0.102. The number of benzene rings is 2. The predicted octanol–water partition coefficient (Wildman–Crippen LogP) is 3.96. The molecule has 1 heterocycles. The number of carbonyl (C=O) groups is 1. The molecule has 0 saturated heterocycles. The lowest BCUT2D eigenvalue weighted by Crippen LogP contribution is -2.11. The highest BCUT2D eigenvalue weighted by atomic mass is 32.1. The molecule has 0 aliphatic heterocycles. The highest BCUT2D eigenvalue weighted by Crippen LogP contribution is 2.36. The molecule has 0 aliphatic rings. The van der Waals surface area contributed by atoms with Gasteiger partial charge in [-0.3, -0.25) is 10.1 Å². The number of anilines is 1. The van der Waals surface area contributed by atoms with Gasteiger partial charge in [-0.25, -0.2) is 4.98 Å². The van der Waals surface area contributed by atoms with Crippen molar-refractivity contribution in [2.45, 2.75) is 6.92 Å². The molecule has 1 N–H and O–H groups in total. The van der Waals surface area contributed by atoms with Crippen LogP contribution in [-0.4, -0.2) is 31.7 Å². The molecule has 0 fully saturated rings. The van der Waals surface area contributed by atoms with Crippen molar-refractivity contribution in [3.63, 3.8) is 0 Å². The summed E-state index contributed by atoms with van der Waals surface area (Å²) >= 11 is 1.36. The van der Waals surface area contributed by atoms with Crippen LogP contribution < -0.4 is 19.5 Å². The zero-order chi connectivity index (χ0) is 17.8. The van der Waals surface area contributed by atoms with E-state index in [0.717, 1.165) is 10.4 Å². The molecule has 130 valence electrons. The summed E-state index contributed by atoms with van der Waals surface area (Å²) < 4.78 is 16.9. The molecule has 3 aromatic rings. The molecule has 0 bridgehead atoms. The van der Waals surface area contributed by atoms with Crippen molar-refractivity contribution in [3.05, 3.63) is 42.0 Å². The van der Waals surface area contributed by atoms with E-state index in [1.54, 1.807) is 44.6 Å². The van der Waals surface area contributed by atoms with Crippen LogP contribution in [0.3, 0.4) is 0 Å². The maximum Gasteiger partial charge on any atom is 0.257 e. The van der Waals surface area contributed by atoms with Gasteiger partial charge in [0.2, 0.25) is 0 Å². The van der Waals surface area contributed by atoms with E-state index in [-0.39, 0.29) is 5.91 Å². The van der Waals surface area contributed by atoms with Crippen LogP contribution in [0.1, 0.15) is 17.3 Å². The summed E-state index contributed by atoms with van der Waals surface area (Å²) in [7, 11) is 3.17. The molecule has 0 saturated carbocycles. The minimum Gasteiger partial charge on any atom is -0.497 e. The predicted molar refractivity (Wildman–Crippen MR) is 98.3 cm³/mol. The molecule has 0 aliphatic carbocycles. The Morgan fingerprint density at radius 3 is 2.52 bits per heavy atom. The minimum atomic E-state index is -0.229. The lowest BCUT2D eigenvalue weighted by Gasteiger charge is -2.04. The second kappa shape index (κ2) is 7.40. The van der Waals surface area contributed by atoms with Gasteiger partial charge >= 0.3 is 0 Å². The third-order valence-corrected chi connectivity index (χ3v) is 4.45. The Morgan fingerprint density at radius 1 is 1.12 bits per heavy atom. The number of methoxy groups -OCH3 is 2. The number of ether oxygens (including phenoxy) is 3. The normalized spacial score (nSPS) is 10.5. The van der Waals surface area contributed by atoms with E-state index >= 15 is 0 Å². The summed E-state index contributed by atoms with van der Waals surface area (Å²) in [4.78, 5) is 16.8. The zero-order valence-corrected chi connectivity index (χ0v) is 15.0. The maximum absolute atomic E-state index is 12.4. The standard InChI is InChI=1S/C18H18N2O4S/c1-4-24-12-7-5-11(6-8-12)17(21)20-18-19-16-14(23-3)9-13(22-2)10-15(16)25-18/h5-10H,4H2,1-3H3,(H,19,20,21). The number of hydrogen-bond acceptors (Lipinski definition) is 6. The Balaban J connectivity index is 1.83. The summed E-state index contributed by atoms with van der Waals surface area (Å²) in [5.74, 6) is 1.79.